The predicted molar refractivity (Wildman–Crippen MR) is 46.8 cm³/mol. The first-order valence-corrected chi connectivity index (χ1v) is 3.78. The topological polar surface area (TPSA) is 82.5 Å². The first-order chi connectivity index (χ1) is 6.25. The number of aliphatic hydroxyl groups is 1. The van der Waals surface area contributed by atoms with E-state index in [1.54, 1.807) is 12.1 Å². The Morgan fingerprint density at radius 2 is 2.38 bits per heavy atom. The Bertz CT molecular complexity index is 301. The molecule has 13 heavy (non-hydrogen) atoms. The van der Waals surface area contributed by atoms with Crippen molar-refractivity contribution in [1.29, 1.82) is 0 Å². The van der Waals surface area contributed by atoms with Gasteiger partial charge in [0.05, 0.1) is 12.3 Å². The van der Waals surface area contributed by atoms with Crippen molar-refractivity contribution < 1.29 is 15.0 Å². The lowest BCUT2D eigenvalue weighted by molar-refractivity contribution is 0.0691. The van der Waals surface area contributed by atoms with Gasteiger partial charge in [-0.15, -0.1) is 0 Å². The summed E-state index contributed by atoms with van der Waals surface area (Å²) in [4.78, 5) is 14.3. The van der Waals surface area contributed by atoms with Crippen molar-refractivity contribution in [3.63, 3.8) is 0 Å². The number of rotatable bonds is 4. The molecule has 1 aromatic rings. The molecule has 1 heterocycles. The number of nitrogens with zero attached hydrogens (tertiary/aromatic N) is 1. The number of aliphatic hydroxyl groups excluding tert-OH is 1. The zero-order valence-corrected chi connectivity index (χ0v) is 6.90. The minimum absolute atomic E-state index is 0.0315. The molecule has 0 saturated heterocycles. The standard InChI is InChI=1S/C8H10N2O3/c11-5-4-9-6-2-1-3-10-7(6)8(12)13/h1-3,9,11H,4-5H2,(H,12,13). The maximum Gasteiger partial charge on any atom is 0.356 e. The maximum atomic E-state index is 10.6. The number of anilines is 1. The van der Waals surface area contributed by atoms with Crippen molar-refractivity contribution in [1.82, 2.24) is 4.98 Å². The Hall–Kier alpha value is -1.62. The van der Waals surface area contributed by atoms with Gasteiger partial charge in [0.2, 0.25) is 0 Å². The van der Waals surface area contributed by atoms with Crippen LogP contribution in [0.15, 0.2) is 18.3 Å². The van der Waals surface area contributed by atoms with Gasteiger partial charge in [-0.05, 0) is 12.1 Å². The molecule has 0 aliphatic heterocycles. The van der Waals surface area contributed by atoms with E-state index in [-0.39, 0.29) is 12.3 Å². The summed E-state index contributed by atoms with van der Waals surface area (Å²) in [6.45, 7) is 0.264. The van der Waals surface area contributed by atoms with E-state index in [2.05, 4.69) is 10.3 Å². The smallest absolute Gasteiger partial charge is 0.356 e. The van der Waals surface area contributed by atoms with E-state index >= 15 is 0 Å². The van der Waals surface area contributed by atoms with Crippen LogP contribution in [0.1, 0.15) is 10.5 Å². The molecule has 3 N–H and O–H groups in total. The molecular formula is C8H10N2O3. The Morgan fingerprint density at radius 1 is 1.62 bits per heavy atom. The second-order valence-corrected chi connectivity index (χ2v) is 2.36. The van der Waals surface area contributed by atoms with Gasteiger partial charge in [-0.25, -0.2) is 9.78 Å². The van der Waals surface area contributed by atoms with Crippen LogP contribution in [0.2, 0.25) is 0 Å². The summed E-state index contributed by atoms with van der Waals surface area (Å²) in [6.07, 6.45) is 1.41. The largest absolute Gasteiger partial charge is 0.476 e. The van der Waals surface area contributed by atoms with E-state index in [9.17, 15) is 4.79 Å². The molecule has 70 valence electrons. The predicted octanol–water partition coefficient (Wildman–Crippen LogP) is 0.184. The monoisotopic (exact) mass is 182 g/mol. The van der Waals surface area contributed by atoms with Crippen LogP contribution >= 0.6 is 0 Å². The normalized spacial score (nSPS) is 9.62. The fraction of sp³-hybridized carbons (Fsp3) is 0.250. The summed E-state index contributed by atoms with van der Waals surface area (Å²) >= 11 is 0. The Labute approximate surface area is 75.0 Å². The molecule has 1 aromatic heterocycles. The van der Waals surface area contributed by atoms with Gasteiger partial charge in [0.15, 0.2) is 5.69 Å². The van der Waals surface area contributed by atoms with E-state index < -0.39 is 5.97 Å². The minimum Gasteiger partial charge on any atom is -0.476 e. The van der Waals surface area contributed by atoms with Crippen molar-refractivity contribution in [2.24, 2.45) is 0 Å². The molecular weight excluding hydrogens is 172 g/mol. The average molecular weight is 182 g/mol. The lowest BCUT2D eigenvalue weighted by Crippen LogP contribution is -2.11. The molecule has 0 amide bonds. The zero-order chi connectivity index (χ0) is 9.68. The number of carboxylic acids is 1. The van der Waals surface area contributed by atoms with Crippen molar-refractivity contribution in [2.45, 2.75) is 0 Å². The second-order valence-electron chi connectivity index (χ2n) is 2.36. The summed E-state index contributed by atoms with van der Waals surface area (Å²) in [5.74, 6) is -1.08. The highest BCUT2D eigenvalue weighted by atomic mass is 16.4. The lowest BCUT2D eigenvalue weighted by Gasteiger charge is -2.05. The van der Waals surface area contributed by atoms with Gasteiger partial charge in [-0.1, -0.05) is 0 Å². The summed E-state index contributed by atoms with van der Waals surface area (Å²) in [6, 6.07) is 3.23. The van der Waals surface area contributed by atoms with E-state index in [0.29, 0.717) is 12.2 Å². The quantitative estimate of drug-likeness (QED) is 0.619. The molecule has 0 bridgehead atoms. The fourth-order valence-electron chi connectivity index (χ4n) is 0.909. The molecule has 0 fully saturated rings. The molecule has 0 aliphatic rings. The molecule has 0 saturated carbocycles. The number of carbonyl (C=O) groups is 1. The van der Waals surface area contributed by atoms with Crippen LogP contribution in [0.4, 0.5) is 5.69 Å². The van der Waals surface area contributed by atoms with E-state index in [1.807, 2.05) is 0 Å². The van der Waals surface area contributed by atoms with Gasteiger partial charge in [-0.2, -0.15) is 0 Å². The van der Waals surface area contributed by atoms with Gasteiger partial charge in [-0.3, -0.25) is 0 Å². The van der Waals surface area contributed by atoms with Crippen molar-refractivity contribution in [3.05, 3.63) is 24.0 Å². The second kappa shape index (κ2) is 4.42. The third kappa shape index (κ3) is 2.41. The third-order valence-electron chi connectivity index (χ3n) is 1.44. The van der Waals surface area contributed by atoms with Gasteiger partial charge in [0, 0.05) is 12.7 Å². The summed E-state index contributed by atoms with van der Waals surface area (Å²) in [5.41, 5.74) is 0.389. The zero-order valence-electron chi connectivity index (χ0n) is 6.90. The molecule has 0 unspecified atom stereocenters. The van der Waals surface area contributed by atoms with Crippen LogP contribution in [0, 0.1) is 0 Å². The van der Waals surface area contributed by atoms with E-state index in [0.717, 1.165) is 0 Å². The van der Waals surface area contributed by atoms with Crippen molar-refractivity contribution in [3.8, 4) is 0 Å². The Morgan fingerprint density at radius 3 is 3.00 bits per heavy atom. The number of aromatic nitrogens is 1. The number of nitrogens with one attached hydrogen (secondary N) is 1. The minimum atomic E-state index is -1.08. The van der Waals surface area contributed by atoms with E-state index in [1.165, 1.54) is 6.20 Å². The molecule has 5 heteroatoms. The van der Waals surface area contributed by atoms with Crippen LogP contribution in [0.3, 0.4) is 0 Å². The summed E-state index contributed by atoms with van der Waals surface area (Å²) in [5, 5.41) is 20.0. The number of pyridine rings is 1. The van der Waals surface area contributed by atoms with Crippen LogP contribution in [-0.2, 0) is 0 Å². The third-order valence-corrected chi connectivity index (χ3v) is 1.44. The highest BCUT2D eigenvalue weighted by Crippen LogP contribution is 2.10. The van der Waals surface area contributed by atoms with Crippen LogP contribution in [0.5, 0.6) is 0 Å². The molecule has 0 spiro atoms. The summed E-state index contributed by atoms with van der Waals surface area (Å²) < 4.78 is 0. The van der Waals surface area contributed by atoms with Crippen molar-refractivity contribution in [2.75, 3.05) is 18.5 Å². The van der Waals surface area contributed by atoms with E-state index in [4.69, 9.17) is 10.2 Å². The number of carboxylic acid groups (broad SMARTS) is 1. The molecule has 0 radical (unpaired) electrons. The molecule has 5 nitrogen and oxygen atoms in total. The van der Waals surface area contributed by atoms with Gasteiger partial charge in [0.1, 0.15) is 0 Å². The van der Waals surface area contributed by atoms with Gasteiger partial charge < -0.3 is 15.5 Å². The highest BCUT2D eigenvalue weighted by molar-refractivity contribution is 5.91. The number of hydrogen-bond acceptors (Lipinski definition) is 4. The number of hydrogen-bond donors (Lipinski definition) is 3. The van der Waals surface area contributed by atoms with Gasteiger partial charge >= 0.3 is 5.97 Å². The SMILES string of the molecule is O=C(O)c1ncccc1NCCO. The van der Waals surface area contributed by atoms with Gasteiger partial charge in [0.25, 0.3) is 0 Å². The highest BCUT2D eigenvalue weighted by Gasteiger charge is 2.09. The molecule has 0 atom stereocenters. The number of aromatic carboxylic acids is 1. The van der Waals surface area contributed by atoms with Crippen LogP contribution in [-0.4, -0.2) is 34.3 Å². The molecule has 0 aromatic carbocycles. The summed E-state index contributed by atoms with van der Waals surface area (Å²) in [7, 11) is 0. The van der Waals surface area contributed by atoms with Crippen LogP contribution in [0.25, 0.3) is 0 Å². The maximum absolute atomic E-state index is 10.6. The first kappa shape index (κ1) is 9.47. The average Bonchev–Trinajstić information content (AvgIpc) is 2.15. The first-order valence-electron chi connectivity index (χ1n) is 3.78. The Kier molecular flexibility index (Phi) is 3.22. The molecule has 1 rings (SSSR count). The lowest BCUT2D eigenvalue weighted by atomic mass is 10.3. The Balaban J connectivity index is 2.84. The molecule has 0 aliphatic carbocycles. The fourth-order valence-corrected chi connectivity index (χ4v) is 0.909. The van der Waals surface area contributed by atoms with Crippen molar-refractivity contribution >= 4 is 11.7 Å². The van der Waals surface area contributed by atoms with Crippen LogP contribution < -0.4 is 5.32 Å².